The summed E-state index contributed by atoms with van der Waals surface area (Å²) >= 11 is 0. The molecule has 20 heavy (non-hydrogen) atoms. The molecule has 0 aliphatic carbocycles. The van der Waals surface area contributed by atoms with Crippen LogP contribution in [-0.4, -0.2) is 29.2 Å². The number of benzene rings is 1. The van der Waals surface area contributed by atoms with Crippen molar-refractivity contribution in [3.8, 4) is 5.75 Å². The summed E-state index contributed by atoms with van der Waals surface area (Å²) in [5, 5.41) is 6.32. The van der Waals surface area contributed by atoms with Crippen molar-refractivity contribution >= 4 is 11.6 Å². The van der Waals surface area contributed by atoms with Gasteiger partial charge in [0.25, 0.3) is 12.3 Å². The summed E-state index contributed by atoms with van der Waals surface area (Å²) in [4.78, 5) is 12.0. The number of amides is 1. The van der Waals surface area contributed by atoms with Gasteiger partial charge in [0, 0.05) is 6.20 Å². The first kappa shape index (κ1) is 14.0. The minimum Gasteiger partial charge on any atom is -0.496 e. The van der Waals surface area contributed by atoms with E-state index in [2.05, 4.69) is 10.4 Å². The molecule has 0 atom stereocenters. The zero-order valence-electron chi connectivity index (χ0n) is 10.7. The lowest BCUT2D eigenvalue weighted by molar-refractivity contribution is 0.102. The van der Waals surface area contributed by atoms with Gasteiger partial charge in [0.05, 0.1) is 24.6 Å². The normalized spacial score (nSPS) is 10.6. The van der Waals surface area contributed by atoms with Crippen molar-refractivity contribution in [1.29, 1.82) is 0 Å². The second-order valence-corrected chi connectivity index (χ2v) is 4.00. The van der Waals surface area contributed by atoms with Crippen molar-refractivity contribution in [2.24, 2.45) is 0 Å². The number of alkyl halides is 2. The second kappa shape index (κ2) is 6.14. The Morgan fingerprint density at radius 1 is 1.45 bits per heavy atom. The Balaban J connectivity index is 2.09. The third-order valence-corrected chi connectivity index (χ3v) is 2.57. The highest BCUT2D eigenvalue weighted by Gasteiger charge is 2.13. The Bertz CT molecular complexity index is 599. The van der Waals surface area contributed by atoms with Crippen molar-refractivity contribution in [3.05, 3.63) is 42.2 Å². The van der Waals surface area contributed by atoms with Crippen LogP contribution in [0.25, 0.3) is 0 Å². The second-order valence-electron chi connectivity index (χ2n) is 4.00. The Morgan fingerprint density at radius 2 is 2.20 bits per heavy atom. The fourth-order valence-electron chi connectivity index (χ4n) is 1.70. The SMILES string of the molecule is COc1ccccc1C(=O)Nc1cnn(CC(F)F)c1. The molecule has 1 aromatic carbocycles. The van der Waals surface area contributed by atoms with E-state index in [4.69, 9.17) is 4.74 Å². The maximum absolute atomic E-state index is 12.2. The zero-order chi connectivity index (χ0) is 14.5. The van der Waals surface area contributed by atoms with Gasteiger partial charge in [0.2, 0.25) is 0 Å². The standard InChI is InChI=1S/C13H13F2N3O2/c1-20-11-5-3-2-4-10(11)13(19)17-9-6-16-18(7-9)8-12(14)15/h2-7,12H,8H2,1H3,(H,17,19). The minimum absolute atomic E-state index is 0.349. The number of methoxy groups -OCH3 is 1. The van der Waals surface area contributed by atoms with Crippen LogP contribution >= 0.6 is 0 Å². The van der Waals surface area contributed by atoms with Gasteiger partial charge in [0.1, 0.15) is 12.3 Å². The number of nitrogens with zero attached hydrogens (tertiary/aromatic N) is 2. The molecule has 0 unspecified atom stereocenters. The van der Waals surface area contributed by atoms with Gasteiger partial charge in [-0.3, -0.25) is 9.48 Å². The molecule has 0 aliphatic rings. The highest BCUT2D eigenvalue weighted by atomic mass is 19.3. The van der Waals surface area contributed by atoms with Gasteiger partial charge in [-0.25, -0.2) is 8.78 Å². The quantitative estimate of drug-likeness (QED) is 0.915. The van der Waals surface area contributed by atoms with Crippen LogP contribution in [0.1, 0.15) is 10.4 Å². The Hall–Kier alpha value is -2.44. The summed E-state index contributed by atoms with van der Waals surface area (Å²) in [5.41, 5.74) is 0.707. The molecular formula is C13H13F2N3O2. The molecule has 2 aromatic rings. The van der Waals surface area contributed by atoms with E-state index in [1.807, 2.05) is 0 Å². The molecule has 0 saturated heterocycles. The molecule has 0 fully saturated rings. The number of ether oxygens (including phenoxy) is 1. The lowest BCUT2D eigenvalue weighted by atomic mass is 10.2. The Kier molecular flexibility index (Phi) is 4.29. The smallest absolute Gasteiger partial charge is 0.259 e. The predicted octanol–water partition coefficient (Wildman–Crippen LogP) is 2.41. The number of carbonyl (C=O) groups is 1. The van der Waals surface area contributed by atoms with Crippen LogP contribution in [0.3, 0.4) is 0 Å². The van der Waals surface area contributed by atoms with E-state index >= 15 is 0 Å². The monoisotopic (exact) mass is 281 g/mol. The average Bonchev–Trinajstić information content (AvgIpc) is 2.85. The maximum Gasteiger partial charge on any atom is 0.259 e. The molecule has 0 radical (unpaired) electrons. The fourth-order valence-corrected chi connectivity index (χ4v) is 1.70. The number of hydrogen-bond acceptors (Lipinski definition) is 3. The molecule has 1 heterocycles. The highest BCUT2D eigenvalue weighted by molar-refractivity contribution is 6.06. The number of para-hydroxylation sites is 1. The fraction of sp³-hybridized carbons (Fsp3) is 0.231. The molecule has 0 aliphatic heterocycles. The van der Waals surface area contributed by atoms with Crippen LogP contribution in [-0.2, 0) is 6.54 Å². The number of anilines is 1. The lowest BCUT2D eigenvalue weighted by Crippen LogP contribution is -2.12. The van der Waals surface area contributed by atoms with Crippen LogP contribution in [0.5, 0.6) is 5.75 Å². The van der Waals surface area contributed by atoms with Crippen LogP contribution in [0, 0.1) is 0 Å². The van der Waals surface area contributed by atoms with E-state index in [9.17, 15) is 13.6 Å². The number of carbonyl (C=O) groups excluding carboxylic acids is 1. The zero-order valence-corrected chi connectivity index (χ0v) is 10.7. The molecule has 0 saturated carbocycles. The largest absolute Gasteiger partial charge is 0.496 e. The molecule has 0 spiro atoms. The maximum atomic E-state index is 12.2. The molecule has 0 bridgehead atoms. The van der Waals surface area contributed by atoms with E-state index in [0.29, 0.717) is 17.0 Å². The molecule has 7 heteroatoms. The van der Waals surface area contributed by atoms with Gasteiger partial charge >= 0.3 is 0 Å². The number of halogens is 2. The summed E-state index contributed by atoms with van der Waals surface area (Å²) in [7, 11) is 1.47. The van der Waals surface area contributed by atoms with E-state index in [1.165, 1.54) is 19.5 Å². The molecule has 1 N–H and O–H groups in total. The van der Waals surface area contributed by atoms with Gasteiger partial charge in [0.15, 0.2) is 0 Å². The molecule has 1 aromatic heterocycles. The first-order chi connectivity index (χ1) is 9.60. The Labute approximate surface area is 114 Å². The Morgan fingerprint density at radius 3 is 2.90 bits per heavy atom. The van der Waals surface area contributed by atoms with Gasteiger partial charge in [-0.1, -0.05) is 12.1 Å². The van der Waals surface area contributed by atoms with E-state index in [0.717, 1.165) is 4.68 Å². The number of nitrogens with one attached hydrogen (secondary N) is 1. The summed E-state index contributed by atoms with van der Waals surface area (Å²) in [5.74, 6) is 0.0454. The van der Waals surface area contributed by atoms with Crippen LogP contribution in [0.4, 0.5) is 14.5 Å². The number of aromatic nitrogens is 2. The van der Waals surface area contributed by atoms with Crippen molar-refractivity contribution in [2.45, 2.75) is 13.0 Å². The van der Waals surface area contributed by atoms with E-state index in [-0.39, 0.29) is 5.91 Å². The van der Waals surface area contributed by atoms with Crippen LogP contribution < -0.4 is 10.1 Å². The van der Waals surface area contributed by atoms with Crippen molar-refractivity contribution in [1.82, 2.24) is 9.78 Å². The predicted molar refractivity (Wildman–Crippen MR) is 69.2 cm³/mol. The highest BCUT2D eigenvalue weighted by Crippen LogP contribution is 2.19. The van der Waals surface area contributed by atoms with Gasteiger partial charge in [-0.2, -0.15) is 5.10 Å². The summed E-state index contributed by atoms with van der Waals surface area (Å²) in [6.45, 7) is -0.509. The topological polar surface area (TPSA) is 56.1 Å². The third kappa shape index (κ3) is 3.31. The summed E-state index contributed by atoms with van der Waals surface area (Å²) < 4.78 is 30.5. The van der Waals surface area contributed by atoms with E-state index < -0.39 is 13.0 Å². The third-order valence-electron chi connectivity index (χ3n) is 2.57. The summed E-state index contributed by atoms with van der Waals surface area (Å²) in [6, 6.07) is 6.72. The first-order valence-corrected chi connectivity index (χ1v) is 5.85. The van der Waals surface area contributed by atoms with Crippen molar-refractivity contribution in [3.63, 3.8) is 0 Å². The molecule has 106 valence electrons. The first-order valence-electron chi connectivity index (χ1n) is 5.85. The molecule has 5 nitrogen and oxygen atoms in total. The van der Waals surface area contributed by atoms with Crippen molar-refractivity contribution in [2.75, 3.05) is 12.4 Å². The molecule has 1 amide bonds. The van der Waals surface area contributed by atoms with Crippen LogP contribution in [0.2, 0.25) is 0 Å². The van der Waals surface area contributed by atoms with Crippen LogP contribution in [0.15, 0.2) is 36.7 Å². The van der Waals surface area contributed by atoms with Gasteiger partial charge < -0.3 is 10.1 Å². The van der Waals surface area contributed by atoms with Crippen molar-refractivity contribution < 1.29 is 18.3 Å². The number of rotatable bonds is 5. The average molecular weight is 281 g/mol. The van der Waals surface area contributed by atoms with E-state index in [1.54, 1.807) is 24.3 Å². The number of hydrogen-bond donors (Lipinski definition) is 1. The lowest BCUT2D eigenvalue weighted by Gasteiger charge is -2.07. The van der Waals surface area contributed by atoms with Gasteiger partial charge in [-0.05, 0) is 12.1 Å². The van der Waals surface area contributed by atoms with Gasteiger partial charge in [-0.15, -0.1) is 0 Å². The summed E-state index contributed by atoms with van der Waals surface area (Å²) in [6.07, 6.45) is 0.169. The molecule has 2 rings (SSSR count). The minimum atomic E-state index is -2.49. The molecular weight excluding hydrogens is 268 g/mol.